The number of nitrogens with one attached hydrogen (secondary N) is 1. The Hall–Kier alpha value is -5.00. The number of piperidine rings is 1. The van der Waals surface area contributed by atoms with E-state index in [1.165, 1.54) is 23.6 Å². The number of halogens is 1. The second-order valence-corrected chi connectivity index (χ2v) is 10.9. The van der Waals surface area contributed by atoms with Crippen molar-refractivity contribution in [2.75, 3.05) is 5.73 Å². The maximum Gasteiger partial charge on any atom is 0.294 e. The number of nitrogens with zero attached hydrogens (tertiary/aromatic N) is 7. The molecule has 1 aliphatic heterocycles. The molecule has 1 aromatic carbocycles. The van der Waals surface area contributed by atoms with E-state index in [0.29, 0.717) is 46.8 Å². The van der Waals surface area contributed by atoms with E-state index in [1.807, 2.05) is 26.0 Å². The normalized spacial score (nSPS) is 18.9. The molecule has 0 radical (unpaired) electrons. The number of pyridine rings is 1. The average molecular weight is 568 g/mol. The number of ketones is 1. The number of amides is 1. The summed E-state index contributed by atoms with van der Waals surface area (Å²) in [4.78, 5) is 41.7. The lowest BCUT2D eigenvalue weighted by Crippen LogP contribution is -2.50. The summed E-state index contributed by atoms with van der Waals surface area (Å²) in [6.07, 6.45) is 4.54. The second-order valence-electron chi connectivity index (χ2n) is 10.9. The van der Waals surface area contributed by atoms with E-state index >= 15 is 0 Å². The Balaban J connectivity index is 1.36. The van der Waals surface area contributed by atoms with Crippen LogP contribution in [0, 0.1) is 12.7 Å². The lowest BCUT2D eigenvalue weighted by molar-refractivity contribution is 0.0462. The zero-order valence-corrected chi connectivity index (χ0v) is 23.7. The van der Waals surface area contributed by atoms with Gasteiger partial charge in [-0.15, -0.1) is 5.10 Å². The molecule has 3 N–H and O–H groups in total. The fourth-order valence-electron chi connectivity index (χ4n) is 6.00. The maximum absolute atomic E-state index is 13.4. The maximum atomic E-state index is 13.4. The van der Waals surface area contributed by atoms with E-state index in [1.54, 1.807) is 36.4 Å². The van der Waals surface area contributed by atoms with Gasteiger partial charge in [-0.25, -0.2) is 14.4 Å². The Morgan fingerprint density at radius 2 is 1.69 bits per heavy atom. The Morgan fingerprint density at radius 3 is 2.29 bits per heavy atom. The van der Waals surface area contributed by atoms with E-state index < -0.39 is 0 Å². The van der Waals surface area contributed by atoms with Crippen LogP contribution in [0.25, 0.3) is 28.0 Å². The van der Waals surface area contributed by atoms with Gasteiger partial charge in [0.1, 0.15) is 17.5 Å². The van der Waals surface area contributed by atoms with Gasteiger partial charge in [-0.1, -0.05) is 6.07 Å². The summed E-state index contributed by atoms with van der Waals surface area (Å²) in [5.74, 6) is 0.0688. The monoisotopic (exact) mass is 567 g/mol. The summed E-state index contributed by atoms with van der Waals surface area (Å²) >= 11 is 0. The molecular formula is C30H30FN9O2. The van der Waals surface area contributed by atoms with Crippen LogP contribution in [-0.2, 0) is 0 Å². The standard InChI is InChI=1S/C30H30FN9O2/c1-15-11-21(12-16(2)39(15)30(42)28-35-18(4)37-38-28)26-25(17(3)41)27(32)40-29(36-26)23(14-34-40)20-7-10-24(33-13-20)19-5-8-22(31)9-6-19/h5-10,13-16,21H,11-12,32H2,1-4H3,(H,35,37,38)/t15-,16?,21?/m0/s1. The van der Waals surface area contributed by atoms with Gasteiger partial charge in [-0.2, -0.15) is 9.61 Å². The molecule has 0 saturated carbocycles. The quantitative estimate of drug-likeness (QED) is 0.293. The summed E-state index contributed by atoms with van der Waals surface area (Å²) in [6, 6.07) is 9.59. The lowest BCUT2D eigenvalue weighted by atomic mass is 9.82. The van der Waals surface area contributed by atoms with Gasteiger partial charge < -0.3 is 10.6 Å². The molecule has 5 heterocycles. The highest BCUT2D eigenvalue weighted by atomic mass is 19.1. The zero-order chi connectivity index (χ0) is 29.7. The largest absolute Gasteiger partial charge is 0.383 e. The summed E-state index contributed by atoms with van der Waals surface area (Å²) in [5.41, 5.74) is 11.0. The number of anilines is 1. The van der Waals surface area contributed by atoms with Gasteiger partial charge in [-0.3, -0.25) is 19.7 Å². The van der Waals surface area contributed by atoms with Crippen molar-refractivity contribution in [3.05, 3.63) is 77.5 Å². The van der Waals surface area contributed by atoms with Crippen molar-refractivity contribution in [3.8, 4) is 22.4 Å². The number of fused-ring (bicyclic) bond motifs is 1. The Bertz CT molecular complexity index is 1800. The van der Waals surface area contributed by atoms with Crippen molar-refractivity contribution < 1.29 is 14.0 Å². The van der Waals surface area contributed by atoms with Crippen LogP contribution in [0.1, 0.15) is 72.0 Å². The number of likely N-dealkylation sites (tertiary alicyclic amines) is 1. The van der Waals surface area contributed by atoms with Crippen molar-refractivity contribution in [3.63, 3.8) is 0 Å². The highest BCUT2D eigenvalue weighted by Gasteiger charge is 2.38. The van der Waals surface area contributed by atoms with Gasteiger partial charge in [-0.05, 0) is 70.9 Å². The number of carbonyl (C=O) groups excluding carboxylic acids is 2. The van der Waals surface area contributed by atoms with Crippen molar-refractivity contribution >= 4 is 23.2 Å². The number of aryl methyl sites for hydroxylation is 1. The molecule has 1 saturated heterocycles. The number of hydrogen-bond acceptors (Lipinski definition) is 8. The SMILES string of the molecule is CC(=O)c1c(C2CC(C)N(C(=O)c3n[nH]c(C)n3)[C@@H](C)C2)nc2c(-c3ccc(-c4ccc(F)cc4)nc3)cnn2c1N. The molecule has 1 fully saturated rings. The number of H-pyrrole nitrogens is 1. The minimum absolute atomic E-state index is 0.124. The van der Waals surface area contributed by atoms with Crippen LogP contribution in [-0.4, -0.2) is 63.4 Å². The van der Waals surface area contributed by atoms with Gasteiger partial charge in [0.2, 0.25) is 5.82 Å². The smallest absolute Gasteiger partial charge is 0.294 e. The number of rotatable bonds is 5. The molecule has 2 unspecified atom stereocenters. The summed E-state index contributed by atoms with van der Waals surface area (Å²) < 4.78 is 14.8. The Morgan fingerprint density at radius 1 is 1.00 bits per heavy atom. The van der Waals surface area contributed by atoms with Crippen LogP contribution in [0.3, 0.4) is 0 Å². The van der Waals surface area contributed by atoms with Gasteiger partial charge >= 0.3 is 0 Å². The Kier molecular flexibility index (Phi) is 6.76. The number of aromatic amines is 1. The van der Waals surface area contributed by atoms with Crippen LogP contribution < -0.4 is 5.73 Å². The van der Waals surface area contributed by atoms with E-state index in [9.17, 15) is 14.0 Å². The third kappa shape index (κ3) is 4.68. The number of benzene rings is 1. The van der Waals surface area contributed by atoms with Crippen LogP contribution in [0.2, 0.25) is 0 Å². The zero-order valence-electron chi connectivity index (χ0n) is 23.7. The topological polar surface area (TPSA) is 148 Å². The van der Waals surface area contributed by atoms with E-state index in [-0.39, 0.29) is 47.2 Å². The first-order valence-corrected chi connectivity index (χ1v) is 13.7. The molecule has 6 rings (SSSR count). The summed E-state index contributed by atoms with van der Waals surface area (Å²) in [5, 5.41) is 11.2. The van der Waals surface area contributed by atoms with Crippen molar-refractivity contribution in [1.82, 2.24) is 39.7 Å². The second kappa shape index (κ2) is 10.4. The van der Waals surface area contributed by atoms with E-state index in [2.05, 4.69) is 25.3 Å². The van der Waals surface area contributed by atoms with Crippen LogP contribution in [0.5, 0.6) is 0 Å². The molecular weight excluding hydrogens is 537 g/mol. The minimum Gasteiger partial charge on any atom is -0.383 e. The van der Waals surface area contributed by atoms with Crippen molar-refractivity contribution in [2.24, 2.45) is 0 Å². The Labute approximate surface area is 241 Å². The van der Waals surface area contributed by atoms with Gasteiger partial charge in [0.15, 0.2) is 11.4 Å². The van der Waals surface area contributed by atoms with E-state index in [0.717, 1.165) is 11.1 Å². The first-order chi connectivity index (χ1) is 20.1. The van der Waals surface area contributed by atoms with Gasteiger partial charge in [0.05, 0.1) is 23.1 Å². The van der Waals surface area contributed by atoms with Gasteiger partial charge in [0.25, 0.3) is 5.91 Å². The molecule has 3 atom stereocenters. The van der Waals surface area contributed by atoms with Crippen molar-refractivity contribution in [1.29, 1.82) is 0 Å². The number of carbonyl (C=O) groups is 2. The summed E-state index contributed by atoms with van der Waals surface area (Å²) in [6.45, 7) is 7.18. The molecule has 0 bridgehead atoms. The molecule has 4 aromatic heterocycles. The number of hydrogen-bond donors (Lipinski definition) is 2. The molecule has 1 amide bonds. The molecule has 0 spiro atoms. The fourth-order valence-corrected chi connectivity index (χ4v) is 6.00. The van der Waals surface area contributed by atoms with Crippen molar-refractivity contribution in [2.45, 2.75) is 58.5 Å². The molecule has 0 aliphatic carbocycles. The molecule has 5 aromatic rings. The molecule has 11 nitrogen and oxygen atoms in total. The number of nitrogen functional groups attached to an aromatic ring is 1. The fraction of sp³-hybridized carbons (Fsp3) is 0.300. The number of Topliss-reactive ketones (excluding diaryl/α,β-unsaturated/α-hetero) is 1. The predicted octanol–water partition coefficient (Wildman–Crippen LogP) is 4.61. The third-order valence-corrected chi connectivity index (χ3v) is 7.89. The highest BCUT2D eigenvalue weighted by molar-refractivity contribution is 6.00. The average Bonchev–Trinajstić information content (AvgIpc) is 3.59. The highest BCUT2D eigenvalue weighted by Crippen LogP contribution is 2.39. The molecule has 42 heavy (non-hydrogen) atoms. The lowest BCUT2D eigenvalue weighted by Gasteiger charge is -2.42. The van der Waals surface area contributed by atoms with Crippen LogP contribution in [0.4, 0.5) is 10.2 Å². The molecule has 214 valence electrons. The number of nitrogens with two attached hydrogens (primary N) is 1. The predicted molar refractivity (Wildman–Crippen MR) is 154 cm³/mol. The summed E-state index contributed by atoms with van der Waals surface area (Å²) in [7, 11) is 0. The molecule has 12 heteroatoms. The third-order valence-electron chi connectivity index (χ3n) is 7.89. The van der Waals surface area contributed by atoms with Crippen LogP contribution in [0.15, 0.2) is 48.8 Å². The number of aromatic nitrogens is 7. The van der Waals surface area contributed by atoms with Crippen LogP contribution >= 0.6 is 0 Å². The molecule has 1 aliphatic rings. The van der Waals surface area contributed by atoms with E-state index in [4.69, 9.17) is 10.7 Å². The first kappa shape index (κ1) is 27.2. The first-order valence-electron chi connectivity index (χ1n) is 13.7. The minimum atomic E-state index is -0.308. The van der Waals surface area contributed by atoms with Gasteiger partial charge in [0, 0.05) is 40.9 Å².